The molecule has 1 amide bonds. The molecule has 6 heteroatoms. The summed E-state index contributed by atoms with van der Waals surface area (Å²) in [5.74, 6) is -2.08. The number of nitrogens with two attached hydrogens (primary N) is 1. The average Bonchev–Trinajstić information content (AvgIpc) is 2.45. The summed E-state index contributed by atoms with van der Waals surface area (Å²) in [5.41, 5.74) is 6.04. The number of anilines is 1. The highest BCUT2D eigenvalue weighted by molar-refractivity contribution is 5.93. The van der Waals surface area contributed by atoms with E-state index >= 15 is 0 Å². The van der Waals surface area contributed by atoms with E-state index in [1.807, 2.05) is 0 Å². The first-order chi connectivity index (χ1) is 9.97. The maximum atomic E-state index is 13.5. The number of aliphatic hydroxyl groups excluding tert-OH is 1. The summed E-state index contributed by atoms with van der Waals surface area (Å²) in [4.78, 5) is 11.0. The van der Waals surface area contributed by atoms with Crippen LogP contribution < -0.4 is 11.1 Å². The second-order valence-corrected chi connectivity index (χ2v) is 4.51. The molecule has 0 aliphatic heterocycles. The smallest absolute Gasteiger partial charge is 0.248 e. The predicted octanol–water partition coefficient (Wildman–Crippen LogP) is 2.21. The molecular weight excluding hydrogens is 278 g/mol. The highest BCUT2D eigenvalue weighted by Crippen LogP contribution is 2.19. The van der Waals surface area contributed by atoms with Crippen molar-refractivity contribution in [1.29, 1.82) is 0 Å². The number of carbonyl (C=O) groups is 1. The molecule has 0 bridgehead atoms. The lowest BCUT2D eigenvalue weighted by Gasteiger charge is -2.14. The van der Waals surface area contributed by atoms with E-state index in [1.165, 1.54) is 12.1 Å². The van der Waals surface area contributed by atoms with Gasteiger partial charge in [0.25, 0.3) is 0 Å². The Hall–Kier alpha value is -2.47. The zero-order valence-electron chi connectivity index (χ0n) is 11.0. The number of benzene rings is 2. The van der Waals surface area contributed by atoms with Crippen LogP contribution in [-0.2, 0) is 0 Å². The zero-order chi connectivity index (χ0) is 15.4. The number of rotatable bonds is 5. The quantitative estimate of drug-likeness (QED) is 0.791. The van der Waals surface area contributed by atoms with Gasteiger partial charge < -0.3 is 16.2 Å². The molecule has 0 aliphatic carbocycles. The molecule has 21 heavy (non-hydrogen) atoms. The van der Waals surface area contributed by atoms with Crippen molar-refractivity contribution in [3.05, 3.63) is 65.2 Å². The normalized spacial score (nSPS) is 12.0. The van der Waals surface area contributed by atoms with Gasteiger partial charge >= 0.3 is 0 Å². The first kappa shape index (κ1) is 14.9. The molecule has 0 spiro atoms. The first-order valence-corrected chi connectivity index (χ1v) is 6.24. The molecule has 2 aromatic rings. The zero-order valence-corrected chi connectivity index (χ0v) is 11.0. The van der Waals surface area contributed by atoms with E-state index in [4.69, 9.17) is 5.73 Å². The van der Waals surface area contributed by atoms with Crippen molar-refractivity contribution >= 4 is 11.6 Å². The van der Waals surface area contributed by atoms with Gasteiger partial charge in [-0.3, -0.25) is 4.79 Å². The minimum absolute atomic E-state index is 0.00467. The van der Waals surface area contributed by atoms with Crippen LogP contribution in [0.25, 0.3) is 0 Å². The topological polar surface area (TPSA) is 75.4 Å². The molecule has 2 rings (SSSR count). The van der Waals surface area contributed by atoms with Gasteiger partial charge in [0.15, 0.2) is 0 Å². The van der Waals surface area contributed by atoms with Crippen LogP contribution in [0.15, 0.2) is 42.5 Å². The monoisotopic (exact) mass is 292 g/mol. The predicted molar refractivity (Wildman–Crippen MR) is 74.8 cm³/mol. The lowest BCUT2D eigenvalue weighted by molar-refractivity contribution is 0.100. The lowest BCUT2D eigenvalue weighted by Crippen LogP contribution is -2.15. The molecule has 110 valence electrons. The van der Waals surface area contributed by atoms with E-state index in [0.717, 1.165) is 6.07 Å². The van der Waals surface area contributed by atoms with E-state index in [9.17, 15) is 18.7 Å². The number of hydrogen-bond donors (Lipinski definition) is 3. The van der Waals surface area contributed by atoms with Gasteiger partial charge in [0, 0.05) is 29.4 Å². The Morgan fingerprint density at radius 2 is 2.00 bits per heavy atom. The lowest BCUT2D eigenvalue weighted by atomic mass is 10.1. The molecule has 0 saturated heterocycles. The van der Waals surface area contributed by atoms with Gasteiger partial charge in [-0.05, 0) is 24.3 Å². The van der Waals surface area contributed by atoms with Crippen molar-refractivity contribution in [1.82, 2.24) is 0 Å². The standard InChI is InChI=1S/C15H14F2N2O2/c16-10-4-5-12(13(17)7-10)14(20)8-19-11-3-1-2-9(6-11)15(18)21/h1-7,14,19-20H,8H2,(H2,18,21). The third-order valence-corrected chi connectivity index (χ3v) is 2.97. The Balaban J connectivity index is 2.05. The minimum Gasteiger partial charge on any atom is -0.386 e. The summed E-state index contributed by atoms with van der Waals surface area (Å²) in [6.45, 7) is 0.00473. The van der Waals surface area contributed by atoms with Gasteiger partial charge in [-0.15, -0.1) is 0 Å². The van der Waals surface area contributed by atoms with Crippen molar-refractivity contribution in [2.45, 2.75) is 6.10 Å². The summed E-state index contributed by atoms with van der Waals surface area (Å²) in [7, 11) is 0. The van der Waals surface area contributed by atoms with Gasteiger partial charge in [0.2, 0.25) is 5.91 Å². The number of halogens is 2. The highest BCUT2D eigenvalue weighted by atomic mass is 19.1. The molecular formula is C15H14F2N2O2. The molecule has 2 aromatic carbocycles. The van der Waals surface area contributed by atoms with Crippen LogP contribution in [-0.4, -0.2) is 17.6 Å². The van der Waals surface area contributed by atoms with Crippen molar-refractivity contribution in [3.8, 4) is 0 Å². The first-order valence-electron chi connectivity index (χ1n) is 6.24. The second kappa shape index (κ2) is 6.32. The van der Waals surface area contributed by atoms with E-state index in [-0.39, 0.29) is 12.1 Å². The molecule has 0 aliphatic rings. The third-order valence-electron chi connectivity index (χ3n) is 2.97. The van der Waals surface area contributed by atoms with Crippen LogP contribution in [0.1, 0.15) is 22.0 Å². The second-order valence-electron chi connectivity index (χ2n) is 4.51. The number of carbonyl (C=O) groups excluding carboxylic acids is 1. The molecule has 0 heterocycles. The van der Waals surface area contributed by atoms with Crippen LogP contribution >= 0.6 is 0 Å². The highest BCUT2D eigenvalue weighted by Gasteiger charge is 2.13. The maximum absolute atomic E-state index is 13.5. The van der Waals surface area contributed by atoms with Crippen molar-refractivity contribution in [2.75, 3.05) is 11.9 Å². The van der Waals surface area contributed by atoms with Crippen LogP contribution in [0.5, 0.6) is 0 Å². The van der Waals surface area contributed by atoms with Gasteiger partial charge in [-0.1, -0.05) is 12.1 Å². The minimum atomic E-state index is -1.15. The van der Waals surface area contributed by atoms with Crippen LogP contribution in [0.4, 0.5) is 14.5 Å². The molecule has 0 fully saturated rings. The summed E-state index contributed by atoms with van der Waals surface area (Å²) in [5, 5.41) is 12.8. The number of primary amides is 1. The Bertz CT molecular complexity index is 662. The fraction of sp³-hybridized carbons (Fsp3) is 0.133. The summed E-state index contributed by atoms with van der Waals surface area (Å²) >= 11 is 0. The number of nitrogens with one attached hydrogen (secondary N) is 1. The average molecular weight is 292 g/mol. The maximum Gasteiger partial charge on any atom is 0.248 e. The molecule has 4 nitrogen and oxygen atoms in total. The van der Waals surface area contributed by atoms with Crippen molar-refractivity contribution in [3.63, 3.8) is 0 Å². The van der Waals surface area contributed by atoms with Crippen molar-refractivity contribution < 1.29 is 18.7 Å². The molecule has 1 unspecified atom stereocenters. The summed E-state index contributed by atoms with van der Waals surface area (Å²) in [6.07, 6.45) is -1.15. The Labute approximate surface area is 120 Å². The van der Waals surface area contributed by atoms with Gasteiger partial charge in [0.05, 0.1) is 6.10 Å². The molecule has 4 N–H and O–H groups in total. The van der Waals surface area contributed by atoms with E-state index in [0.29, 0.717) is 17.3 Å². The Morgan fingerprint density at radius 1 is 1.24 bits per heavy atom. The molecule has 0 radical (unpaired) electrons. The summed E-state index contributed by atoms with van der Waals surface area (Å²) in [6, 6.07) is 9.38. The van der Waals surface area contributed by atoms with E-state index in [1.54, 1.807) is 18.2 Å². The number of amides is 1. The number of aliphatic hydroxyl groups is 1. The van der Waals surface area contributed by atoms with E-state index < -0.39 is 23.6 Å². The largest absolute Gasteiger partial charge is 0.386 e. The molecule has 0 aromatic heterocycles. The van der Waals surface area contributed by atoms with E-state index in [2.05, 4.69) is 5.32 Å². The van der Waals surface area contributed by atoms with Gasteiger partial charge in [-0.25, -0.2) is 8.78 Å². The fourth-order valence-corrected chi connectivity index (χ4v) is 1.88. The Morgan fingerprint density at radius 3 is 2.67 bits per heavy atom. The fourth-order valence-electron chi connectivity index (χ4n) is 1.88. The van der Waals surface area contributed by atoms with Crippen LogP contribution in [0.2, 0.25) is 0 Å². The third kappa shape index (κ3) is 3.76. The summed E-state index contributed by atoms with van der Waals surface area (Å²) < 4.78 is 26.3. The SMILES string of the molecule is NC(=O)c1cccc(NCC(O)c2ccc(F)cc2F)c1. The molecule has 0 saturated carbocycles. The van der Waals surface area contributed by atoms with Crippen LogP contribution in [0.3, 0.4) is 0 Å². The Kier molecular flexibility index (Phi) is 4.49. The van der Waals surface area contributed by atoms with Gasteiger partial charge in [-0.2, -0.15) is 0 Å². The van der Waals surface area contributed by atoms with Crippen molar-refractivity contribution in [2.24, 2.45) is 5.73 Å². The molecule has 1 atom stereocenters. The van der Waals surface area contributed by atoms with Gasteiger partial charge in [0.1, 0.15) is 11.6 Å². The van der Waals surface area contributed by atoms with Crippen LogP contribution in [0, 0.1) is 11.6 Å². The number of hydrogen-bond acceptors (Lipinski definition) is 3.